The number of hydrogen-bond acceptors (Lipinski definition) is 3. The largest absolute Gasteiger partial charge is 0.383 e. The van der Waals surface area contributed by atoms with Gasteiger partial charge < -0.3 is 15.4 Å². The van der Waals surface area contributed by atoms with E-state index in [2.05, 4.69) is 10.6 Å². The standard InChI is InChI=1S/C19H22F2N2O2.ClH/c1-13-11-15(20)4-6-16(13)17-5-3-14(12-18(17)21)19(24)23-8-7-22-9-10-25-2;/h3-6,11-12,22H,7-10H2,1-2H3,(H,23,24);1H. The molecule has 0 atom stereocenters. The molecule has 0 bridgehead atoms. The van der Waals surface area contributed by atoms with E-state index in [0.29, 0.717) is 42.9 Å². The third-order valence-corrected chi connectivity index (χ3v) is 3.78. The van der Waals surface area contributed by atoms with Crippen molar-refractivity contribution in [3.63, 3.8) is 0 Å². The Labute approximate surface area is 158 Å². The molecule has 2 aromatic carbocycles. The van der Waals surface area contributed by atoms with Gasteiger partial charge in [-0.15, -0.1) is 12.4 Å². The molecule has 1 amide bonds. The van der Waals surface area contributed by atoms with Crippen LogP contribution in [0.1, 0.15) is 15.9 Å². The number of benzene rings is 2. The van der Waals surface area contributed by atoms with Crippen LogP contribution in [0.15, 0.2) is 36.4 Å². The average Bonchev–Trinajstić information content (AvgIpc) is 2.58. The second kappa shape index (κ2) is 10.9. The first-order chi connectivity index (χ1) is 12.0. The fraction of sp³-hybridized carbons (Fsp3) is 0.316. The van der Waals surface area contributed by atoms with E-state index < -0.39 is 5.82 Å². The van der Waals surface area contributed by atoms with Crippen molar-refractivity contribution in [1.82, 2.24) is 10.6 Å². The van der Waals surface area contributed by atoms with Crippen molar-refractivity contribution < 1.29 is 18.3 Å². The number of methoxy groups -OCH3 is 1. The van der Waals surface area contributed by atoms with Gasteiger partial charge in [0.05, 0.1) is 6.61 Å². The van der Waals surface area contributed by atoms with Crippen molar-refractivity contribution in [2.45, 2.75) is 6.92 Å². The Morgan fingerprint density at radius 3 is 2.42 bits per heavy atom. The molecule has 7 heteroatoms. The van der Waals surface area contributed by atoms with Crippen LogP contribution >= 0.6 is 12.4 Å². The van der Waals surface area contributed by atoms with E-state index in [1.807, 2.05) is 0 Å². The average molecular weight is 385 g/mol. The highest BCUT2D eigenvalue weighted by Gasteiger charge is 2.12. The Bertz CT molecular complexity index is 741. The lowest BCUT2D eigenvalue weighted by Gasteiger charge is -2.10. The molecule has 0 saturated carbocycles. The van der Waals surface area contributed by atoms with Gasteiger partial charge in [0.2, 0.25) is 0 Å². The molecule has 4 nitrogen and oxygen atoms in total. The second-order valence-electron chi connectivity index (χ2n) is 5.65. The molecule has 0 fully saturated rings. The first-order valence-electron chi connectivity index (χ1n) is 8.07. The van der Waals surface area contributed by atoms with Gasteiger partial charge in [-0.1, -0.05) is 12.1 Å². The number of halogens is 3. The molecule has 0 aliphatic rings. The van der Waals surface area contributed by atoms with Crippen LogP contribution in [-0.2, 0) is 4.74 Å². The summed E-state index contributed by atoms with van der Waals surface area (Å²) in [6, 6.07) is 8.49. The highest BCUT2D eigenvalue weighted by Crippen LogP contribution is 2.27. The summed E-state index contributed by atoms with van der Waals surface area (Å²) in [5, 5.41) is 5.82. The minimum Gasteiger partial charge on any atom is -0.383 e. The molecule has 26 heavy (non-hydrogen) atoms. The summed E-state index contributed by atoms with van der Waals surface area (Å²) in [7, 11) is 1.62. The van der Waals surface area contributed by atoms with Gasteiger partial charge in [0.15, 0.2) is 0 Å². The van der Waals surface area contributed by atoms with Crippen LogP contribution < -0.4 is 10.6 Å². The smallest absolute Gasteiger partial charge is 0.251 e. The van der Waals surface area contributed by atoms with Crippen molar-refractivity contribution >= 4 is 18.3 Å². The van der Waals surface area contributed by atoms with Gasteiger partial charge >= 0.3 is 0 Å². The molecular weight excluding hydrogens is 362 g/mol. The van der Waals surface area contributed by atoms with Crippen LogP contribution in [0.25, 0.3) is 11.1 Å². The van der Waals surface area contributed by atoms with E-state index in [-0.39, 0.29) is 29.7 Å². The number of carbonyl (C=O) groups is 1. The van der Waals surface area contributed by atoms with E-state index in [1.165, 1.54) is 24.3 Å². The summed E-state index contributed by atoms with van der Waals surface area (Å²) >= 11 is 0. The Morgan fingerprint density at radius 2 is 1.77 bits per heavy atom. The summed E-state index contributed by atoms with van der Waals surface area (Å²) in [6.07, 6.45) is 0. The summed E-state index contributed by atoms with van der Waals surface area (Å²) < 4.78 is 32.5. The van der Waals surface area contributed by atoms with Crippen molar-refractivity contribution in [3.05, 3.63) is 59.2 Å². The van der Waals surface area contributed by atoms with Gasteiger partial charge in [-0.3, -0.25) is 4.79 Å². The van der Waals surface area contributed by atoms with E-state index in [4.69, 9.17) is 4.74 Å². The number of nitrogens with one attached hydrogen (secondary N) is 2. The lowest BCUT2D eigenvalue weighted by Crippen LogP contribution is -2.33. The summed E-state index contributed by atoms with van der Waals surface area (Å²) in [6.45, 7) is 4.05. The van der Waals surface area contributed by atoms with Gasteiger partial charge in [-0.25, -0.2) is 8.78 Å². The zero-order valence-corrected chi connectivity index (χ0v) is 15.6. The summed E-state index contributed by atoms with van der Waals surface area (Å²) in [5.41, 5.74) is 1.83. The van der Waals surface area contributed by atoms with Crippen LogP contribution in [0.3, 0.4) is 0 Å². The van der Waals surface area contributed by atoms with Crippen molar-refractivity contribution in [1.29, 1.82) is 0 Å². The Balaban J connectivity index is 0.00000338. The maximum atomic E-state index is 14.4. The first kappa shape index (κ1) is 22.0. The monoisotopic (exact) mass is 384 g/mol. The Hall–Kier alpha value is -2.02. The Morgan fingerprint density at radius 1 is 1.04 bits per heavy atom. The van der Waals surface area contributed by atoms with Gasteiger partial charge in [0.25, 0.3) is 5.91 Å². The predicted octanol–water partition coefficient (Wildman–Crippen LogP) is 3.33. The van der Waals surface area contributed by atoms with Gasteiger partial charge in [0.1, 0.15) is 11.6 Å². The first-order valence-corrected chi connectivity index (χ1v) is 8.07. The molecule has 0 spiro atoms. The van der Waals surface area contributed by atoms with E-state index in [0.717, 1.165) is 0 Å². The molecule has 0 radical (unpaired) electrons. The molecule has 2 N–H and O–H groups in total. The molecule has 0 aliphatic heterocycles. The third-order valence-electron chi connectivity index (χ3n) is 3.78. The minimum atomic E-state index is -0.513. The fourth-order valence-corrected chi connectivity index (χ4v) is 2.47. The van der Waals surface area contributed by atoms with Crippen LogP contribution in [0.2, 0.25) is 0 Å². The second-order valence-corrected chi connectivity index (χ2v) is 5.65. The topological polar surface area (TPSA) is 50.4 Å². The maximum Gasteiger partial charge on any atom is 0.251 e. The van der Waals surface area contributed by atoms with E-state index in [1.54, 1.807) is 26.2 Å². The van der Waals surface area contributed by atoms with Crippen molar-refractivity contribution in [2.75, 3.05) is 33.4 Å². The number of hydrogen-bond donors (Lipinski definition) is 2. The van der Waals surface area contributed by atoms with Crippen molar-refractivity contribution in [2.24, 2.45) is 0 Å². The van der Waals surface area contributed by atoms with Crippen molar-refractivity contribution in [3.8, 4) is 11.1 Å². The zero-order valence-electron chi connectivity index (χ0n) is 14.8. The quantitative estimate of drug-likeness (QED) is 0.686. The maximum absolute atomic E-state index is 14.4. The highest BCUT2D eigenvalue weighted by atomic mass is 35.5. The molecular formula is C19H23ClF2N2O2. The molecule has 0 aliphatic carbocycles. The number of carbonyl (C=O) groups excluding carboxylic acids is 1. The fourth-order valence-electron chi connectivity index (χ4n) is 2.47. The number of ether oxygens (including phenoxy) is 1. The zero-order chi connectivity index (χ0) is 18.2. The number of amides is 1. The van der Waals surface area contributed by atoms with Gasteiger partial charge in [-0.05, 0) is 42.3 Å². The van der Waals surface area contributed by atoms with Crippen LogP contribution in [0.5, 0.6) is 0 Å². The SMILES string of the molecule is COCCNCCNC(=O)c1ccc(-c2ccc(F)cc2C)c(F)c1.Cl. The van der Waals surface area contributed by atoms with Gasteiger partial charge in [0, 0.05) is 37.9 Å². The molecule has 2 aromatic rings. The number of aryl methyl sites for hydroxylation is 1. The molecule has 2 rings (SSSR count). The molecule has 0 heterocycles. The molecule has 0 unspecified atom stereocenters. The van der Waals surface area contributed by atoms with Crippen LogP contribution in [0.4, 0.5) is 8.78 Å². The number of rotatable bonds is 8. The highest BCUT2D eigenvalue weighted by molar-refractivity contribution is 5.94. The third kappa shape index (κ3) is 6.05. The van der Waals surface area contributed by atoms with E-state index in [9.17, 15) is 13.6 Å². The summed E-state index contributed by atoms with van der Waals surface area (Å²) in [4.78, 5) is 12.1. The van der Waals surface area contributed by atoms with E-state index >= 15 is 0 Å². The lowest BCUT2D eigenvalue weighted by atomic mass is 9.98. The predicted molar refractivity (Wildman–Crippen MR) is 101 cm³/mol. The summed E-state index contributed by atoms with van der Waals surface area (Å²) in [5.74, 6) is -1.22. The normalized spacial score (nSPS) is 10.3. The van der Waals surface area contributed by atoms with Crippen LogP contribution in [0, 0.1) is 18.6 Å². The molecule has 142 valence electrons. The lowest BCUT2D eigenvalue weighted by molar-refractivity contribution is 0.0953. The molecule has 0 aromatic heterocycles. The van der Waals surface area contributed by atoms with Crippen LogP contribution in [-0.4, -0.2) is 39.3 Å². The Kier molecular flexibility index (Phi) is 9.19. The molecule has 0 saturated heterocycles. The minimum absolute atomic E-state index is 0. The van der Waals surface area contributed by atoms with Gasteiger partial charge in [-0.2, -0.15) is 0 Å².